The van der Waals surface area contributed by atoms with Crippen molar-refractivity contribution in [3.63, 3.8) is 0 Å². The van der Waals surface area contributed by atoms with Gasteiger partial charge in [0.05, 0.1) is 25.4 Å². The van der Waals surface area contributed by atoms with Crippen LogP contribution in [0.2, 0.25) is 0 Å². The van der Waals surface area contributed by atoms with Gasteiger partial charge in [-0.3, -0.25) is 4.79 Å². The van der Waals surface area contributed by atoms with Crippen LogP contribution < -0.4 is 5.32 Å². The molecule has 3 N–H and O–H groups in total. The smallest absolute Gasteiger partial charge is 0.330 e. The summed E-state index contributed by atoms with van der Waals surface area (Å²) in [6.45, 7) is 4.91. The molecule has 0 saturated carbocycles. The second-order valence-electron chi connectivity index (χ2n) is 23.2. The molecule has 0 aliphatic rings. The van der Waals surface area contributed by atoms with Crippen LogP contribution in [0, 0.1) is 0 Å². The summed E-state index contributed by atoms with van der Waals surface area (Å²) in [7, 11) is 0. The predicted molar refractivity (Wildman–Crippen MR) is 324 cm³/mol. The first-order valence-electron chi connectivity index (χ1n) is 33.6. The lowest BCUT2D eigenvalue weighted by molar-refractivity contribution is -0.137. The Morgan fingerprint density at radius 1 is 0.392 bits per heavy atom. The summed E-state index contributed by atoms with van der Waals surface area (Å²) in [5.41, 5.74) is 0. The van der Waals surface area contributed by atoms with E-state index in [1.807, 2.05) is 12.2 Å². The fourth-order valence-corrected chi connectivity index (χ4v) is 10.7. The first kappa shape index (κ1) is 72.3. The third kappa shape index (κ3) is 59.6. The molecule has 0 fully saturated rings. The Morgan fingerprint density at radius 2 is 0.689 bits per heavy atom. The number of aliphatic hydroxyl groups excluding tert-OH is 2. The van der Waals surface area contributed by atoms with Crippen molar-refractivity contribution in [1.29, 1.82) is 0 Å². The molecule has 6 heteroatoms. The summed E-state index contributed by atoms with van der Waals surface area (Å²) in [6, 6.07) is -0.539. The van der Waals surface area contributed by atoms with E-state index in [-0.39, 0.29) is 18.5 Å². The van der Waals surface area contributed by atoms with Crippen molar-refractivity contribution in [3.8, 4) is 0 Å². The van der Waals surface area contributed by atoms with E-state index in [2.05, 4.69) is 25.2 Å². The summed E-state index contributed by atoms with van der Waals surface area (Å²) in [5, 5.41) is 23.3. The highest BCUT2D eigenvalue weighted by Crippen LogP contribution is 2.19. The second kappa shape index (κ2) is 63.9. The molecule has 2 atom stereocenters. The molecule has 0 aliphatic carbocycles. The van der Waals surface area contributed by atoms with Crippen LogP contribution in [0.15, 0.2) is 24.3 Å². The fraction of sp³-hybridized carbons (Fsp3) is 0.912. The SMILES string of the molecule is CCCCCCCCCCCCCC=CC=CC(=O)OCCCCCCCCCCCCCCCCCCCCCCCCCCCCCC(=O)N[C@@H](CO)[C@H](O)CCCCCCCCCCCCCCCCC. The first-order chi connectivity index (χ1) is 36.5. The molecule has 74 heavy (non-hydrogen) atoms. The van der Waals surface area contributed by atoms with Crippen molar-refractivity contribution in [2.24, 2.45) is 0 Å². The van der Waals surface area contributed by atoms with E-state index in [4.69, 9.17) is 4.74 Å². The van der Waals surface area contributed by atoms with Crippen molar-refractivity contribution in [3.05, 3.63) is 24.3 Å². The molecule has 0 aliphatic heterocycles. The van der Waals surface area contributed by atoms with Crippen LogP contribution in [-0.2, 0) is 14.3 Å². The number of unbranched alkanes of at least 4 members (excludes halogenated alkanes) is 51. The number of amides is 1. The predicted octanol–water partition coefficient (Wildman–Crippen LogP) is 21.4. The molecule has 438 valence electrons. The van der Waals surface area contributed by atoms with Gasteiger partial charge in [-0.1, -0.05) is 353 Å². The van der Waals surface area contributed by atoms with E-state index in [0.29, 0.717) is 19.4 Å². The van der Waals surface area contributed by atoms with E-state index < -0.39 is 12.1 Å². The van der Waals surface area contributed by atoms with Crippen LogP contribution in [-0.4, -0.2) is 47.4 Å². The summed E-state index contributed by atoms with van der Waals surface area (Å²) in [6.07, 6.45) is 79.7. The van der Waals surface area contributed by atoms with Gasteiger partial charge in [-0.15, -0.1) is 0 Å². The molecule has 6 nitrogen and oxygen atoms in total. The maximum absolute atomic E-state index is 12.5. The number of carbonyl (C=O) groups is 2. The van der Waals surface area contributed by atoms with Crippen LogP contribution in [0.1, 0.15) is 373 Å². The summed E-state index contributed by atoms with van der Waals surface area (Å²) in [5.74, 6) is -0.240. The highest BCUT2D eigenvalue weighted by Gasteiger charge is 2.20. The second-order valence-corrected chi connectivity index (χ2v) is 23.2. The van der Waals surface area contributed by atoms with Gasteiger partial charge in [-0.2, -0.15) is 0 Å². The molecule has 0 unspecified atom stereocenters. The summed E-state index contributed by atoms with van der Waals surface area (Å²) < 4.78 is 5.38. The fourth-order valence-electron chi connectivity index (χ4n) is 10.7. The quantitative estimate of drug-likeness (QED) is 0.0244. The minimum atomic E-state index is -0.662. The number of aliphatic hydroxyl groups is 2. The first-order valence-corrected chi connectivity index (χ1v) is 33.6. The molecule has 0 radical (unpaired) electrons. The molecular formula is C68H131NO5. The largest absolute Gasteiger partial charge is 0.463 e. The number of ether oxygens (including phenoxy) is 1. The Balaban J connectivity index is 3.36. The van der Waals surface area contributed by atoms with Crippen molar-refractivity contribution in [1.82, 2.24) is 5.32 Å². The van der Waals surface area contributed by atoms with Crippen molar-refractivity contribution in [2.75, 3.05) is 13.2 Å². The Morgan fingerprint density at radius 3 is 1.03 bits per heavy atom. The molecule has 0 aromatic rings. The zero-order valence-electron chi connectivity index (χ0n) is 50.1. The van der Waals surface area contributed by atoms with Crippen LogP contribution in [0.25, 0.3) is 0 Å². The van der Waals surface area contributed by atoms with Gasteiger partial charge in [0.2, 0.25) is 5.91 Å². The van der Waals surface area contributed by atoms with E-state index in [1.165, 1.54) is 302 Å². The average molecular weight is 1040 g/mol. The number of carbonyl (C=O) groups excluding carboxylic acids is 2. The Hall–Kier alpha value is -1.66. The standard InChI is InChI=1S/C68H131NO5/c1-3-5-7-9-11-13-15-17-32-36-40-44-48-52-56-60-66(71)65(64-70)69-67(72)61-57-53-49-45-41-37-34-30-28-26-24-22-20-19-21-23-25-27-29-31-35-39-43-47-51-55-59-63-74-68(73)62-58-54-50-46-42-38-33-18-16-14-12-10-8-6-4-2/h50,54,58,62,65-66,70-71H,3-49,51-53,55-57,59-61,63-64H2,1-2H3,(H,69,72)/t65-,66+/m0/s1. The maximum Gasteiger partial charge on any atom is 0.330 e. The van der Waals surface area contributed by atoms with Crippen LogP contribution in [0.4, 0.5) is 0 Å². The zero-order chi connectivity index (χ0) is 53.6. The van der Waals surface area contributed by atoms with Crippen molar-refractivity contribution >= 4 is 11.9 Å². The molecule has 0 spiro atoms. The molecule has 0 aromatic carbocycles. The minimum absolute atomic E-state index is 0.0303. The van der Waals surface area contributed by atoms with Gasteiger partial charge in [0.1, 0.15) is 0 Å². The lowest BCUT2D eigenvalue weighted by Crippen LogP contribution is -2.45. The Labute approximate surface area is 462 Å². The highest BCUT2D eigenvalue weighted by molar-refractivity contribution is 5.82. The van der Waals surface area contributed by atoms with Gasteiger partial charge in [0, 0.05) is 12.5 Å². The maximum atomic E-state index is 12.5. The number of rotatable bonds is 63. The van der Waals surface area contributed by atoms with Gasteiger partial charge >= 0.3 is 5.97 Å². The van der Waals surface area contributed by atoms with Crippen LogP contribution in [0.5, 0.6) is 0 Å². The number of allylic oxidation sites excluding steroid dienone is 3. The lowest BCUT2D eigenvalue weighted by Gasteiger charge is -2.22. The minimum Gasteiger partial charge on any atom is -0.463 e. The van der Waals surface area contributed by atoms with E-state index in [1.54, 1.807) is 6.08 Å². The Bertz CT molecular complexity index is 1150. The van der Waals surface area contributed by atoms with Gasteiger partial charge in [0.15, 0.2) is 0 Å². The van der Waals surface area contributed by atoms with Gasteiger partial charge in [-0.05, 0) is 32.1 Å². The third-order valence-electron chi connectivity index (χ3n) is 15.9. The van der Waals surface area contributed by atoms with Crippen molar-refractivity contribution < 1.29 is 24.5 Å². The molecule has 0 saturated heterocycles. The van der Waals surface area contributed by atoms with E-state index >= 15 is 0 Å². The van der Waals surface area contributed by atoms with Crippen molar-refractivity contribution in [2.45, 2.75) is 386 Å². The van der Waals surface area contributed by atoms with Crippen LogP contribution in [0.3, 0.4) is 0 Å². The monoisotopic (exact) mass is 1040 g/mol. The number of esters is 1. The molecule has 1 amide bonds. The molecule has 0 rings (SSSR count). The van der Waals surface area contributed by atoms with Crippen LogP contribution >= 0.6 is 0 Å². The highest BCUT2D eigenvalue weighted by atomic mass is 16.5. The van der Waals surface area contributed by atoms with E-state index in [9.17, 15) is 19.8 Å². The third-order valence-corrected chi connectivity index (χ3v) is 15.9. The number of hydrogen-bond acceptors (Lipinski definition) is 5. The molecule has 0 heterocycles. The summed E-state index contributed by atoms with van der Waals surface area (Å²) >= 11 is 0. The number of hydrogen-bond donors (Lipinski definition) is 3. The van der Waals surface area contributed by atoms with Gasteiger partial charge in [0.25, 0.3) is 0 Å². The van der Waals surface area contributed by atoms with E-state index in [0.717, 1.165) is 44.9 Å². The lowest BCUT2D eigenvalue weighted by atomic mass is 10.0. The van der Waals surface area contributed by atoms with Gasteiger partial charge in [-0.25, -0.2) is 4.79 Å². The Kier molecular flexibility index (Phi) is 62.4. The normalized spacial score (nSPS) is 12.6. The molecule has 0 bridgehead atoms. The summed E-state index contributed by atoms with van der Waals surface area (Å²) in [4.78, 5) is 24.5. The topological polar surface area (TPSA) is 95.9 Å². The van der Waals surface area contributed by atoms with Gasteiger partial charge < -0.3 is 20.3 Å². The molecular weight excluding hydrogens is 911 g/mol. The molecule has 0 aromatic heterocycles. The zero-order valence-corrected chi connectivity index (χ0v) is 50.1. The number of nitrogens with one attached hydrogen (secondary N) is 1. The average Bonchev–Trinajstić information content (AvgIpc) is 3.40.